The second kappa shape index (κ2) is 8.23. The highest BCUT2D eigenvalue weighted by Crippen LogP contribution is 2.23. The molecule has 1 aromatic carbocycles. The van der Waals surface area contributed by atoms with Gasteiger partial charge in [0.15, 0.2) is 0 Å². The minimum absolute atomic E-state index is 0.114. The Morgan fingerprint density at radius 3 is 2.85 bits per heavy atom. The number of carbonyl (C=O) groups is 1. The highest BCUT2D eigenvalue weighted by atomic mass is 35.5. The van der Waals surface area contributed by atoms with Crippen LogP contribution in [0.2, 0.25) is 5.02 Å². The average molecular weight is 377 g/mol. The number of carbonyl (C=O) groups excluding carboxylic acids is 1. The van der Waals surface area contributed by atoms with Crippen LogP contribution in [0.1, 0.15) is 38.2 Å². The van der Waals surface area contributed by atoms with Crippen LogP contribution < -0.4 is 5.56 Å². The van der Waals surface area contributed by atoms with Crippen LogP contribution in [0.3, 0.4) is 0 Å². The van der Waals surface area contributed by atoms with E-state index >= 15 is 0 Å². The van der Waals surface area contributed by atoms with Gasteiger partial charge in [0.2, 0.25) is 0 Å². The van der Waals surface area contributed by atoms with Gasteiger partial charge in [-0.1, -0.05) is 31.0 Å². The van der Waals surface area contributed by atoms with Gasteiger partial charge >= 0.3 is 5.97 Å². The Kier molecular flexibility index (Phi) is 5.99. The van der Waals surface area contributed by atoms with E-state index in [-0.39, 0.29) is 12.1 Å². The van der Waals surface area contributed by atoms with E-state index < -0.39 is 5.97 Å². The van der Waals surface area contributed by atoms with Crippen LogP contribution in [-0.2, 0) is 22.6 Å². The Morgan fingerprint density at radius 1 is 1.31 bits per heavy atom. The third-order valence-electron chi connectivity index (χ3n) is 5.24. The van der Waals surface area contributed by atoms with Crippen LogP contribution in [0.15, 0.2) is 29.1 Å². The summed E-state index contributed by atoms with van der Waals surface area (Å²) >= 11 is 6.11. The molecule has 3 rings (SSSR count). The van der Waals surface area contributed by atoms with Gasteiger partial charge in [0, 0.05) is 23.2 Å². The maximum absolute atomic E-state index is 13.1. The van der Waals surface area contributed by atoms with E-state index in [2.05, 4.69) is 11.8 Å². The normalized spacial score (nSPS) is 18.2. The van der Waals surface area contributed by atoms with Gasteiger partial charge in [-0.3, -0.25) is 19.1 Å². The van der Waals surface area contributed by atoms with Gasteiger partial charge in [0.25, 0.3) is 5.56 Å². The molecule has 26 heavy (non-hydrogen) atoms. The minimum atomic E-state index is -0.449. The molecule has 2 heterocycles. The van der Waals surface area contributed by atoms with E-state index in [1.807, 2.05) is 12.1 Å². The number of pyridine rings is 1. The minimum Gasteiger partial charge on any atom is -0.468 e. The van der Waals surface area contributed by atoms with Crippen molar-refractivity contribution in [2.24, 2.45) is 0 Å². The number of benzene rings is 1. The molecule has 0 amide bonds. The van der Waals surface area contributed by atoms with E-state index in [0.29, 0.717) is 28.7 Å². The molecule has 0 unspecified atom stereocenters. The molecular formula is C20H25ClN2O3. The smallest absolute Gasteiger partial charge is 0.325 e. The van der Waals surface area contributed by atoms with Crippen LogP contribution in [-0.4, -0.2) is 35.1 Å². The Bertz CT molecular complexity index is 862. The Balaban J connectivity index is 2.05. The maximum Gasteiger partial charge on any atom is 0.325 e. The highest BCUT2D eigenvalue weighted by Gasteiger charge is 2.23. The summed E-state index contributed by atoms with van der Waals surface area (Å²) in [5.41, 5.74) is 1.22. The predicted molar refractivity (Wildman–Crippen MR) is 104 cm³/mol. The molecule has 0 N–H and O–H groups in total. The Morgan fingerprint density at radius 2 is 2.12 bits per heavy atom. The fourth-order valence-corrected chi connectivity index (χ4v) is 3.98. The van der Waals surface area contributed by atoms with Crippen molar-refractivity contribution >= 4 is 28.5 Å². The molecule has 1 fully saturated rings. The zero-order valence-corrected chi connectivity index (χ0v) is 16.1. The standard InChI is InChI=1S/C20H25ClN2O3/c1-3-17-6-4-5-9-22(17)12-15-10-14-7-8-16(21)11-18(14)23(20(15)25)13-19(24)26-2/h7-8,10-11,17H,3-6,9,12-13H2,1-2H3/t17-/m1/s1. The number of aromatic nitrogens is 1. The molecule has 5 nitrogen and oxygen atoms in total. The van der Waals surface area contributed by atoms with E-state index in [1.54, 1.807) is 12.1 Å². The third-order valence-corrected chi connectivity index (χ3v) is 5.48. The lowest BCUT2D eigenvalue weighted by Gasteiger charge is -2.35. The summed E-state index contributed by atoms with van der Waals surface area (Å²) in [6, 6.07) is 7.86. The molecule has 140 valence electrons. The lowest BCUT2D eigenvalue weighted by molar-refractivity contribution is -0.141. The monoisotopic (exact) mass is 376 g/mol. The fourth-order valence-electron chi connectivity index (χ4n) is 3.82. The zero-order chi connectivity index (χ0) is 18.7. The summed E-state index contributed by atoms with van der Waals surface area (Å²) in [5.74, 6) is -0.449. The molecule has 1 aliphatic rings. The Hall–Kier alpha value is -1.85. The van der Waals surface area contributed by atoms with Gasteiger partial charge in [-0.05, 0) is 49.4 Å². The number of likely N-dealkylation sites (tertiary alicyclic amines) is 1. The number of rotatable bonds is 5. The van der Waals surface area contributed by atoms with Crippen molar-refractivity contribution in [2.75, 3.05) is 13.7 Å². The van der Waals surface area contributed by atoms with E-state index in [9.17, 15) is 9.59 Å². The molecule has 1 saturated heterocycles. The largest absolute Gasteiger partial charge is 0.468 e. The number of methoxy groups -OCH3 is 1. The van der Waals surface area contributed by atoms with Gasteiger partial charge in [0.05, 0.1) is 12.6 Å². The molecule has 0 bridgehead atoms. The summed E-state index contributed by atoms with van der Waals surface area (Å²) < 4.78 is 6.25. The van der Waals surface area contributed by atoms with Crippen molar-refractivity contribution in [3.8, 4) is 0 Å². The number of fused-ring (bicyclic) bond motifs is 1. The molecule has 0 saturated carbocycles. The molecular weight excluding hydrogens is 352 g/mol. The third kappa shape index (κ3) is 3.94. The van der Waals surface area contributed by atoms with E-state index in [1.165, 1.54) is 24.5 Å². The number of hydrogen-bond donors (Lipinski definition) is 0. The first kappa shape index (κ1) is 18.9. The van der Waals surface area contributed by atoms with E-state index in [0.717, 1.165) is 24.8 Å². The van der Waals surface area contributed by atoms with Gasteiger partial charge in [-0.25, -0.2) is 0 Å². The topological polar surface area (TPSA) is 51.5 Å². The summed E-state index contributed by atoms with van der Waals surface area (Å²) in [6.45, 7) is 3.70. The van der Waals surface area contributed by atoms with Gasteiger partial charge in [-0.2, -0.15) is 0 Å². The van der Waals surface area contributed by atoms with Gasteiger partial charge < -0.3 is 4.74 Å². The number of ether oxygens (including phenoxy) is 1. The molecule has 1 atom stereocenters. The maximum atomic E-state index is 13.1. The first-order chi connectivity index (χ1) is 12.5. The number of piperidine rings is 1. The van der Waals surface area contributed by atoms with Crippen LogP contribution in [0.4, 0.5) is 0 Å². The van der Waals surface area contributed by atoms with Crippen molar-refractivity contribution in [2.45, 2.75) is 51.7 Å². The first-order valence-electron chi connectivity index (χ1n) is 9.16. The summed E-state index contributed by atoms with van der Waals surface area (Å²) in [7, 11) is 1.33. The average Bonchev–Trinajstić information content (AvgIpc) is 2.65. The molecule has 2 aromatic rings. The number of nitrogens with zero attached hydrogens (tertiary/aromatic N) is 2. The Labute approximate surface area is 158 Å². The van der Waals surface area contributed by atoms with Crippen LogP contribution in [0.5, 0.6) is 0 Å². The van der Waals surface area contributed by atoms with Crippen LogP contribution >= 0.6 is 11.6 Å². The SMILES string of the molecule is CC[C@@H]1CCCCN1Cc1cc2ccc(Cl)cc2n(CC(=O)OC)c1=O. The first-order valence-corrected chi connectivity index (χ1v) is 9.54. The van der Waals surface area contributed by atoms with Gasteiger partial charge in [-0.15, -0.1) is 0 Å². The summed E-state index contributed by atoms with van der Waals surface area (Å²) in [6.07, 6.45) is 4.67. The number of hydrogen-bond acceptors (Lipinski definition) is 4. The van der Waals surface area contributed by atoms with Crippen molar-refractivity contribution in [3.05, 3.63) is 45.2 Å². The number of halogens is 1. The van der Waals surface area contributed by atoms with Crippen molar-refractivity contribution in [1.82, 2.24) is 9.47 Å². The van der Waals surface area contributed by atoms with Gasteiger partial charge in [0.1, 0.15) is 6.54 Å². The predicted octanol–water partition coefficient (Wildman–Crippen LogP) is 3.59. The van der Waals surface area contributed by atoms with Crippen molar-refractivity contribution < 1.29 is 9.53 Å². The van der Waals surface area contributed by atoms with Crippen molar-refractivity contribution in [1.29, 1.82) is 0 Å². The molecule has 0 radical (unpaired) electrons. The number of esters is 1. The van der Waals surface area contributed by atoms with Crippen LogP contribution in [0, 0.1) is 0 Å². The molecule has 0 spiro atoms. The fraction of sp³-hybridized carbons (Fsp3) is 0.500. The highest BCUT2D eigenvalue weighted by molar-refractivity contribution is 6.31. The molecule has 6 heteroatoms. The zero-order valence-electron chi connectivity index (χ0n) is 15.3. The van der Waals surface area contributed by atoms with Crippen molar-refractivity contribution in [3.63, 3.8) is 0 Å². The van der Waals surface area contributed by atoms with Crippen LogP contribution in [0.25, 0.3) is 10.9 Å². The second-order valence-corrected chi connectivity index (χ2v) is 7.30. The summed E-state index contributed by atoms with van der Waals surface area (Å²) in [5, 5.41) is 1.43. The molecule has 0 aliphatic carbocycles. The summed E-state index contributed by atoms with van der Waals surface area (Å²) in [4.78, 5) is 27.3. The second-order valence-electron chi connectivity index (χ2n) is 6.87. The lowest BCUT2D eigenvalue weighted by Crippen LogP contribution is -2.40. The van der Waals surface area contributed by atoms with E-state index in [4.69, 9.17) is 16.3 Å². The lowest BCUT2D eigenvalue weighted by atomic mass is 9.99. The molecule has 1 aliphatic heterocycles. The molecule has 1 aromatic heterocycles. The quantitative estimate of drug-likeness (QED) is 0.748.